The third kappa shape index (κ3) is 4.68. The second-order valence-corrected chi connectivity index (χ2v) is 9.18. The highest BCUT2D eigenvalue weighted by Gasteiger charge is 2.45. The molecule has 4 aromatic carbocycles. The van der Waals surface area contributed by atoms with Gasteiger partial charge in [0, 0.05) is 16.9 Å². The SMILES string of the molecule is COc1ccc([C@H]2[C@H](C(=O)Nc3ccc(F)c(Cl)c3)c3ccccc3C(=O)N2c2ccc(OC)cc2)cc1. The number of methoxy groups -OCH3 is 2. The fraction of sp³-hybridized carbons (Fsp3) is 0.133. The summed E-state index contributed by atoms with van der Waals surface area (Å²) in [7, 11) is 3.14. The summed E-state index contributed by atoms with van der Waals surface area (Å²) in [6, 6.07) is 24.8. The number of amides is 2. The van der Waals surface area contributed by atoms with Gasteiger partial charge >= 0.3 is 0 Å². The Morgan fingerprint density at radius 2 is 1.53 bits per heavy atom. The van der Waals surface area contributed by atoms with E-state index < -0.39 is 17.8 Å². The van der Waals surface area contributed by atoms with E-state index in [0.717, 1.165) is 5.56 Å². The monoisotopic (exact) mass is 530 g/mol. The van der Waals surface area contributed by atoms with Crippen molar-refractivity contribution in [3.8, 4) is 11.5 Å². The Morgan fingerprint density at radius 1 is 0.895 bits per heavy atom. The molecule has 192 valence electrons. The molecule has 2 amide bonds. The van der Waals surface area contributed by atoms with Crippen LogP contribution in [0.2, 0.25) is 5.02 Å². The summed E-state index contributed by atoms with van der Waals surface area (Å²) >= 11 is 5.96. The van der Waals surface area contributed by atoms with Gasteiger partial charge in [-0.25, -0.2) is 4.39 Å². The largest absolute Gasteiger partial charge is 0.497 e. The molecule has 8 heteroatoms. The fourth-order valence-electron chi connectivity index (χ4n) is 4.78. The van der Waals surface area contributed by atoms with E-state index in [1.807, 2.05) is 12.1 Å². The predicted molar refractivity (Wildman–Crippen MR) is 145 cm³/mol. The minimum Gasteiger partial charge on any atom is -0.497 e. The number of benzene rings is 4. The van der Waals surface area contributed by atoms with E-state index in [1.54, 1.807) is 79.8 Å². The summed E-state index contributed by atoms with van der Waals surface area (Å²) in [5, 5.41) is 2.77. The lowest BCUT2D eigenvalue weighted by Gasteiger charge is -2.42. The van der Waals surface area contributed by atoms with Crippen LogP contribution in [0.25, 0.3) is 0 Å². The third-order valence-corrected chi connectivity index (χ3v) is 6.91. The molecule has 1 aliphatic heterocycles. The fourth-order valence-corrected chi connectivity index (χ4v) is 4.96. The van der Waals surface area contributed by atoms with Crippen molar-refractivity contribution in [3.63, 3.8) is 0 Å². The number of hydrogen-bond acceptors (Lipinski definition) is 4. The van der Waals surface area contributed by atoms with Crippen molar-refractivity contribution in [2.24, 2.45) is 0 Å². The zero-order valence-electron chi connectivity index (χ0n) is 20.7. The molecule has 0 unspecified atom stereocenters. The van der Waals surface area contributed by atoms with Gasteiger partial charge in [-0.05, 0) is 71.8 Å². The van der Waals surface area contributed by atoms with Gasteiger partial charge in [0.15, 0.2) is 0 Å². The summed E-state index contributed by atoms with van der Waals surface area (Å²) in [6.45, 7) is 0. The first-order valence-corrected chi connectivity index (χ1v) is 12.3. The molecule has 38 heavy (non-hydrogen) atoms. The number of hydrogen-bond donors (Lipinski definition) is 1. The van der Waals surface area contributed by atoms with Gasteiger partial charge in [0.25, 0.3) is 5.91 Å². The standard InChI is InChI=1S/C30H24ClFN2O4/c1-37-21-12-7-18(8-13-21)28-27(29(35)33-19-9-16-26(32)25(31)17-19)23-5-3-4-6-24(23)30(36)34(28)20-10-14-22(38-2)15-11-20/h3-17,27-28H,1-2H3,(H,33,35)/t27-,28+/m1/s1. The Hall–Kier alpha value is -4.36. The normalized spacial score (nSPS) is 16.5. The summed E-state index contributed by atoms with van der Waals surface area (Å²) in [5.41, 5.74) is 2.70. The van der Waals surface area contributed by atoms with E-state index in [4.69, 9.17) is 21.1 Å². The first-order chi connectivity index (χ1) is 18.4. The van der Waals surface area contributed by atoms with Gasteiger partial charge in [-0.2, -0.15) is 0 Å². The van der Waals surface area contributed by atoms with Crippen LogP contribution in [-0.2, 0) is 4.79 Å². The number of nitrogens with zero attached hydrogens (tertiary/aromatic N) is 1. The van der Waals surface area contributed by atoms with Gasteiger partial charge in [-0.15, -0.1) is 0 Å². The van der Waals surface area contributed by atoms with Gasteiger partial charge in [-0.1, -0.05) is 41.9 Å². The van der Waals surface area contributed by atoms with Crippen molar-refractivity contribution >= 4 is 34.8 Å². The number of anilines is 2. The Labute approximate surface area is 224 Å². The van der Waals surface area contributed by atoms with E-state index in [-0.39, 0.29) is 16.8 Å². The van der Waals surface area contributed by atoms with E-state index in [0.29, 0.717) is 34.0 Å². The average molecular weight is 531 g/mol. The van der Waals surface area contributed by atoms with E-state index in [1.165, 1.54) is 18.2 Å². The number of rotatable bonds is 6. The van der Waals surface area contributed by atoms with Crippen LogP contribution in [-0.4, -0.2) is 26.0 Å². The first kappa shape index (κ1) is 25.3. The van der Waals surface area contributed by atoms with Crippen LogP contribution in [0.15, 0.2) is 91.0 Å². The molecule has 0 fully saturated rings. The molecule has 0 bridgehead atoms. The quantitative estimate of drug-likeness (QED) is 0.304. The third-order valence-electron chi connectivity index (χ3n) is 6.62. The van der Waals surface area contributed by atoms with Crippen molar-refractivity contribution in [1.29, 1.82) is 0 Å². The minimum atomic E-state index is -0.803. The van der Waals surface area contributed by atoms with Gasteiger partial charge in [-0.3, -0.25) is 14.5 Å². The Morgan fingerprint density at radius 3 is 2.16 bits per heavy atom. The summed E-state index contributed by atoms with van der Waals surface area (Å²) in [6.07, 6.45) is 0. The maximum Gasteiger partial charge on any atom is 0.259 e. The molecular weight excluding hydrogens is 507 g/mol. The van der Waals surface area contributed by atoms with Crippen molar-refractivity contribution in [2.75, 3.05) is 24.4 Å². The van der Waals surface area contributed by atoms with Crippen molar-refractivity contribution in [3.05, 3.63) is 119 Å². The molecular formula is C30H24ClFN2O4. The molecule has 2 atom stereocenters. The number of nitrogens with one attached hydrogen (secondary N) is 1. The van der Waals surface area contributed by atoms with E-state index in [9.17, 15) is 14.0 Å². The van der Waals surface area contributed by atoms with Gasteiger partial charge < -0.3 is 14.8 Å². The lowest BCUT2D eigenvalue weighted by Crippen LogP contribution is -2.46. The first-order valence-electron chi connectivity index (χ1n) is 11.9. The number of halogens is 2. The second kappa shape index (κ2) is 10.6. The Kier molecular flexibility index (Phi) is 7.03. The van der Waals surface area contributed by atoms with Crippen LogP contribution in [0.3, 0.4) is 0 Å². The molecule has 6 nitrogen and oxygen atoms in total. The highest BCUT2D eigenvalue weighted by Crippen LogP contribution is 2.46. The highest BCUT2D eigenvalue weighted by molar-refractivity contribution is 6.31. The molecule has 0 aliphatic carbocycles. The van der Waals surface area contributed by atoms with Crippen LogP contribution in [0.5, 0.6) is 11.5 Å². The lowest BCUT2D eigenvalue weighted by atomic mass is 9.78. The zero-order valence-corrected chi connectivity index (χ0v) is 21.4. The van der Waals surface area contributed by atoms with E-state index in [2.05, 4.69) is 5.32 Å². The number of fused-ring (bicyclic) bond motifs is 1. The molecule has 1 N–H and O–H groups in total. The Balaban J connectivity index is 1.67. The maximum atomic E-state index is 14.0. The molecule has 1 heterocycles. The predicted octanol–water partition coefficient (Wildman–Crippen LogP) is 6.62. The second-order valence-electron chi connectivity index (χ2n) is 8.77. The topological polar surface area (TPSA) is 67.9 Å². The molecule has 0 radical (unpaired) electrons. The van der Waals surface area contributed by atoms with Crippen LogP contribution < -0.4 is 19.7 Å². The van der Waals surface area contributed by atoms with Crippen LogP contribution in [0.1, 0.15) is 33.4 Å². The zero-order chi connectivity index (χ0) is 26.8. The number of ether oxygens (including phenoxy) is 2. The summed E-state index contributed by atoms with van der Waals surface area (Å²) in [5.74, 6) is -0.702. The number of carbonyl (C=O) groups is 2. The Bertz CT molecular complexity index is 1490. The molecule has 4 aromatic rings. The van der Waals surface area contributed by atoms with Crippen molar-refractivity contribution in [2.45, 2.75) is 12.0 Å². The molecule has 0 aromatic heterocycles. The summed E-state index contributed by atoms with van der Waals surface area (Å²) < 4.78 is 24.4. The highest BCUT2D eigenvalue weighted by atomic mass is 35.5. The molecule has 0 saturated heterocycles. The van der Waals surface area contributed by atoms with E-state index >= 15 is 0 Å². The summed E-state index contributed by atoms with van der Waals surface area (Å²) in [4.78, 5) is 29.6. The van der Waals surface area contributed by atoms with Gasteiger partial charge in [0.05, 0.1) is 31.2 Å². The maximum absolute atomic E-state index is 14.0. The van der Waals surface area contributed by atoms with Crippen LogP contribution in [0, 0.1) is 5.82 Å². The van der Waals surface area contributed by atoms with Crippen molar-refractivity contribution in [1.82, 2.24) is 0 Å². The average Bonchev–Trinajstić information content (AvgIpc) is 2.95. The smallest absolute Gasteiger partial charge is 0.259 e. The van der Waals surface area contributed by atoms with Crippen LogP contribution in [0.4, 0.5) is 15.8 Å². The minimum absolute atomic E-state index is 0.103. The molecule has 1 aliphatic rings. The van der Waals surface area contributed by atoms with Gasteiger partial charge in [0.1, 0.15) is 17.3 Å². The lowest BCUT2D eigenvalue weighted by molar-refractivity contribution is -0.118. The van der Waals surface area contributed by atoms with Gasteiger partial charge in [0.2, 0.25) is 5.91 Å². The molecule has 5 rings (SSSR count). The molecule has 0 spiro atoms. The molecule has 0 saturated carbocycles. The van der Waals surface area contributed by atoms with Crippen molar-refractivity contribution < 1.29 is 23.5 Å². The number of carbonyl (C=O) groups excluding carboxylic acids is 2. The van der Waals surface area contributed by atoms with Crippen LogP contribution >= 0.6 is 11.6 Å².